The lowest BCUT2D eigenvalue weighted by molar-refractivity contribution is 0.413. The fraction of sp³-hybridized carbons (Fsp3) is 0.0769. The highest BCUT2D eigenvalue weighted by atomic mass is 35.5. The van der Waals surface area contributed by atoms with Gasteiger partial charge >= 0.3 is 0 Å². The first-order valence-electron chi connectivity index (χ1n) is 5.27. The van der Waals surface area contributed by atoms with Crippen molar-refractivity contribution >= 4 is 58.0 Å². The summed E-state index contributed by atoms with van der Waals surface area (Å²) in [7, 11) is 1.47. The zero-order valence-electron chi connectivity index (χ0n) is 10.0. The second-order valence-corrected chi connectivity index (χ2v) is 5.79. The van der Waals surface area contributed by atoms with Crippen molar-refractivity contribution in [3.8, 4) is 17.2 Å². The molecule has 0 aliphatic rings. The Bertz CT molecular complexity index is 611. The van der Waals surface area contributed by atoms with E-state index in [1.807, 2.05) is 0 Å². The molecule has 2 nitrogen and oxygen atoms in total. The van der Waals surface area contributed by atoms with Crippen molar-refractivity contribution in [3.05, 3.63) is 49.4 Å². The summed E-state index contributed by atoms with van der Waals surface area (Å²) in [6, 6.07) is 6.15. The fourth-order valence-electron chi connectivity index (χ4n) is 1.53. The van der Waals surface area contributed by atoms with Crippen molar-refractivity contribution in [1.29, 1.82) is 0 Å². The average molecular weight is 372 g/mol. The maximum absolute atomic E-state index is 6.04. The Morgan fingerprint density at radius 3 is 1.60 bits per heavy atom. The predicted molar refractivity (Wildman–Crippen MR) is 84.6 cm³/mol. The van der Waals surface area contributed by atoms with Gasteiger partial charge in [0.1, 0.15) is 5.75 Å². The van der Waals surface area contributed by atoms with Gasteiger partial charge in [0, 0.05) is 17.2 Å². The second-order valence-electron chi connectivity index (χ2n) is 3.72. The molecule has 0 aromatic heterocycles. The fourth-order valence-corrected chi connectivity index (χ4v) is 3.05. The topological polar surface area (TPSA) is 18.5 Å². The normalized spacial score (nSPS) is 10.5. The van der Waals surface area contributed by atoms with Crippen molar-refractivity contribution in [1.82, 2.24) is 0 Å². The van der Waals surface area contributed by atoms with E-state index < -0.39 is 0 Å². The van der Waals surface area contributed by atoms with Gasteiger partial charge in [-0.15, -0.1) is 0 Å². The average Bonchev–Trinajstić information content (AvgIpc) is 2.33. The summed E-state index contributed by atoms with van der Waals surface area (Å²) in [6.07, 6.45) is 0. The summed E-state index contributed by atoms with van der Waals surface area (Å²) in [4.78, 5) is 0. The number of benzene rings is 2. The van der Waals surface area contributed by atoms with E-state index in [1.54, 1.807) is 12.1 Å². The van der Waals surface area contributed by atoms with Crippen LogP contribution in [0.5, 0.6) is 17.2 Å². The van der Waals surface area contributed by atoms with Gasteiger partial charge in [-0.05, 0) is 12.1 Å². The first-order valence-corrected chi connectivity index (χ1v) is 7.16. The summed E-state index contributed by atoms with van der Waals surface area (Å²) in [5, 5.41) is 1.61. The van der Waals surface area contributed by atoms with E-state index in [0.717, 1.165) is 0 Å². The molecule has 0 N–H and O–H groups in total. The van der Waals surface area contributed by atoms with Gasteiger partial charge in [0.25, 0.3) is 0 Å². The Kier molecular flexibility index (Phi) is 5.16. The Morgan fingerprint density at radius 1 is 0.700 bits per heavy atom. The molecule has 0 unspecified atom stereocenters. The molecule has 0 atom stereocenters. The third-order valence-electron chi connectivity index (χ3n) is 2.36. The van der Waals surface area contributed by atoms with Crippen molar-refractivity contribution < 1.29 is 9.47 Å². The number of hydrogen-bond acceptors (Lipinski definition) is 2. The molecular formula is C13H7Cl5O2. The Morgan fingerprint density at radius 2 is 1.15 bits per heavy atom. The Balaban J connectivity index is 2.41. The summed E-state index contributed by atoms with van der Waals surface area (Å²) in [5.41, 5.74) is 0. The van der Waals surface area contributed by atoms with Gasteiger partial charge in [0.2, 0.25) is 0 Å². The van der Waals surface area contributed by atoms with Crippen LogP contribution in [-0.4, -0.2) is 7.11 Å². The first kappa shape index (κ1) is 15.9. The zero-order valence-corrected chi connectivity index (χ0v) is 13.8. The molecule has 0 aliphatic carbocycles. The minimum Gasteiger partial charge on any atom is -0.494 e. The molecule has 0 aliphatic heterocycles. The predicted octanol–water partition coefficient (Wildman–Crippen LogP) is 6.75. The Hall–Kier alpha value is -0.510. The molecular weight excluding hydrogens is 365 g/mol. The molecule has 7 heteroatoms. The van der Waals surface area contributed by atoms with Crippen LogP contribution in [0.1, 0.15) is 0 Å². The van der Waals surface area contributed by atoms with Crippen molar-refractivity contribution in [3.63, 3.8) is 0 Å². The minimum atomic E-state index is 0.273. The summed E-state index contributed by atoms with van der Waals surface area (Å²) < 4.78 is 10.7. The minimum absolute atomic E-state index is 0.273. The van der Waals surface area contributed by atoms with Crippen molar-refractivity contribution in [2.24, 2.45) is 0 Å². The second kappa shape index (κ2) is 6.50. The molecule has 2 aromatic carbocycles. The van der Waals surface area contributed by atoms with E-state index in [9.17, 15) is 0 Å². The lowest BCUT2D eigenvalue weighted by atomic mass is 10.3. The lowest BCUT2D eigenvalue weighted by Crippen LogP contribution is -1.90. The largest absolute Gasteiger partial charge is 0.494 e. The molecule has 0 amide bonds. The number of ether oxygens (including phenoxy) is 2. The van der Waals surface area contributed by atoms with Crippen LogP contribution in [0.4, 0.5) is 0 Å². The van der Waals surface area contributed by atoms with Gasteiger partial charge < -0.3 is 9.47 Å². The van der Waals surface area contributed by atoms with Gasteiger partial charge in [0.15, 0.2) is 11.5 Å². The molecule has 106 valence electrons. The molecule has 0 fully saturated rings. The molecule has 2 aromatic rings. The highest BCUT2D eigenvalue weighted by Crippen LogP contribution is 2.42. The molecule has 0 heterocycles. The zero-order chi connectivity index (χ0) is 14.9. The lowest BCUT2D eigenvalue weighted by Gasteiger charge is -2.12. The van der Waals surface area contributed by atoms with Crippen LogP contribution in [0.15, 0.2) is 24.3 Å². The molecule has 0 saturated heterocycles. The Labute approximate surface area is 141 Å². The number of hydrogen-bond donors (Lipinski definition) is 0. The number of halogens is 5. The highest BCUT2D eigenvalue weighted by molar-refractivity contribution is 6.40. The van der Waals surface area contributed by atoms with Crippen LogP contribution >= 0.6 is 58.0 Å². The van der Waals surface area contributed by atoms with Gasteiger partial charge in [-0.2, -0.15) is 0 Å². The molecule has 2 rings (SSSR count). The summed E-state index contributed by atoms with van der Waals surface area (Å²) >= 11 is 30.0. The van der Waals surface area contributed by atoms with Crippen LogP contribution in [0, 0.1) is 0 Å². The molecule has 0 bridgehead atoms. The van der Waals surface area contributed by atoms with Crippen LogP contribution in [0.2, 0.25) is 25.1 Å². The first-order chi connectivity index (χ1) is 9.42. The van der Waals surface area contributed by atoms with Crippen LogP contribution in [-0.2, 0) is 0 Å². The van der Waals surface area contributed by atoms with E-state index >= 15 is 0 Å². The molecule has 0 saturated carbocycles. The van der Waals surface area contributed by atoms with E-state index in [2.05, 4.69) is 0 Å². The van der Waals surface area contributed by atoms with Crippen LogP contribution in [0.25, 0.3) is 0 Å². The van der Waals surface area contributed by atoms with Gasteiger partial charge in [0.05, 0.1) is 27.2 Å². The monoisotopic (exact) mass is 370 g/mol. The highest BCUT2D eigenvalue weighted by Gasteiger charge is 2.14. The molecule has 20 heavy (non-hydrogen) atoms. The van der Waals surface area contributed by atoms with Gasteiger partial charge in [-0.3, -0.25) is 0 Å². The van der Waals surface area contributed by atoms with E-state index in [1.165, 1.54) is 19.2 Å². The third-order valence-corrected chi connectivity index (χ3v) is 3.70. The van der Waals surface area contributed by atoms with Crippen LogP contribution in [0.3, 0.4) is 0 Å². The third kappa shape index (κ3) is 3.38. The quantitative estimate of drug-likeness (QED) is 0.593. The number of rotatable bonds is 3. The van der Waals surface area contributed by atoms with Crippen LogP contribution < -0.4 is 9.47 Å². The van der Waals surface area contributed by atoms with E-state index in [4.69, 9.17) is 67.5 Å². The molecule has 0 radical (unpaired) electrons. The standard InChI is InChI=1S/C13H7Cl5O2/c1-19-12-10(17)4-7(5-11(12)18)20-13-8(15)2-6(14)3-9(13)16/h2-5H,1H3. The maximum atomic E-state index is 6.04. The van der Waals surface area contributed by atoms with E-state index in [-0.39, 0.29) is 15.8 Å². The SMILES string of the molecule is COc1c(Cl)cc(Oc2c(Cl)cc(Cl)cc2Cl)cc1Cl. The number of methoxy groups -OCH3 is 1. The van der Waals surface area contributed by atoms with E-state index in [0.29, 0.717) is 26.6 Å². The molecule has 0 spiro atoms. The smallest absolute Gasteiger partial charge is 0.164 e. The van der Waals surface area contributed by atoms with Crippen molar-refractivity contribution in [2.75, 3.05) is 7.11 Å². The van der Waals surface area contributed by atoms with Gasteiger partial charge in [-0.25, -0.2) is 0 Å². The van der Waals surface area contributed by atoms with Gasteiger partial charge in [-0.1, -0.05) is 58.0 Å². The van der Waals surface area contributed by atoms with Crippen molar-refractivity contribution in [2.45, 2.75) is 0 Å². The maximum Gasteiger partial charge on any atom is 0.164 e. The summed E-state index contributed by atoms with van der Waals surface area (Å²) in [6.45, 7) is 0. The summed E-state index contributed by atoms with van der Waals surface area (Å²) in [5.74, 6) is 1.02.